The molecule has 0 radical (unpaired) electrons. The van der Waals surface area contributed by atoms with Crippen LogP contribution in [0.3, 0.4) is 0 Å². The van der Waals surface area contributed by atoms with Gasteiger partial charge < -0.3 is 14.9 Å². The maximum atomic E-state index is 12.7. The van der Waals surface area contributed by atoms with E-state index in [2.05, 4.69) is 9.71 Å². The lowest BCUT2D eigenvalue weighted by atomic mass is 10.1. The van der Waals surface area contributed by atoms with Crippen molar-refractivity contribution in [2.45, 2.75) is 31.2 Å². The Morgan fingerprint density at radius 3 is 2.62 bits per heavy atom. The molecule has 0 fully saturated rings. The quantitative estimate of drug-likeness (QED) is 0.684. The van der Waals surface area contributed by atoms with Gasteiger partial charge in [0.1, 0.15) is 0 Å². The summed E-state index contributed by atoms with van der Waals surface area (Å²) < 4.78 is 27.6. The molecule has 2 aromatic carbocycles. The molecular weight excluding hydrogens is 352 g/mol. The van der Waals surface area contributed by atoms with Crippen LogP contribution in [-0.4, -0.2) is 25.4 Å². The van der Waals surface area contributed by atoms with Gasteiger partial charge in [0.2, 0.25) is 10.0 Å². The van der Waals surface area contributed by atoms with E-state index in [0.717, 1.165) is 16.5 Å². The standard InChI is InChI=1S/C19H20N2O4S/c1-12-7-8-18(13(2)9-12)26(24,25)21-17(19(22)23)10-14-11-20-16-6-4-3-5-15(14)16/h3-9,11,17,20-21H,10H2,1-2H3,(H,22,23)/p-1/t17-/m0/s1. The van der Waals surface area contributed by atoms with Gasteiger partial charge in [-0.15, -0.1) is 0 Å². The fourth-order valence-corrected chi connectivity index (χ4v) is 4.46. The van der Waals surface area contributed by atoms with Crippen LogP contribution >= 0.6 is 0 Å². The highest BCUT2D eigenvalue weighted by molar-refractivity contribution is 7.89. The largest absolute Gasteiger partial charge is 0.548 e. The van der Waals surface area contributed by atoms with E-state index in [4.69, 9.17) is 0 Å². The van der Waals surface area contributed by atoms with Gasteiger partial charge in [-0.2, -0.15) is 0 Å². The fourth-order valence-electron chi connectivity index (χ4n) is 3.05. The maximum Gasteiger partial charge on any atom is 0.241 e. The zero-order valence-corrected chi connectivity index (χ0v) is 15.3. The van der Waals surface area contributed by atoms with Crippen LogP contribution in [0, 0.1) is 13.8 Å². The van der Waals surface area contributed by atoms with Crippen LogP contribution in [-0.2, 0) is 21.2 Å². The second-order valence-corrected chi connectivity index (χ2v) is 8.01. The van der Waals surface area contributed by atoms with E-state index in [0.29, 0.717) is 11.1 Å². The lowest BCUT2D eigenvalue weighted by molar-refractivity contribution is -0.307. The molecule has 6 nitrogen and oxygen atoms in total. The average Bonchev–Trinajstić information content (AvgIpc) is 2.97. The number of H-pyrrole nitrogens is 1. The molecule has 3 aromatic rings. The molecule has 0 aliphatic heterocycles. The first-order valence-corrected chi connectivity index (χ1v) is 9.61. The van der Waals surface area contributed by atoms with Gasteiger partial charge in [0.25, 0.3) is 0 Å². The first-order valence-electron chi connectivity index (χ1n) is 8.13. The summed E-state index contributed by atoms with van der Waals surface area (Å²) in [6, 6.07) is 10.9. The number of aliphatic carboxylic acids is 1. The number of para-hydroxylation sites is 1. The summed E-state index contributed by atoms with van der Waals surface area (Å²) in [5.41, 5.74) is 3.05. The van der Waals surface area contributed by atoms with Crippen molar-refractivity contribution in [2.24, 2.45) is 0 Å². The van der Waals surface area contributed by atoms with Crippen molar-refractivity contribution >= 4 is 26.9 Å². The predicted octanol–water partition coefficient (Wildman–Crippen LogP) is 1.42. The van der Waals surface area contributed by atoms with E-state index in [1.54, 1.807) is 25.3 Å². The van der Waals surface area contributed by atoms with Crippen molar-refractivity contribution in [3.05, 3.63) is 65.4 Å². The van der Waals surface area contributed by atoms with Crippen molar-refractivity contribution in [3.63, 3.8) is 0 Å². The van der Waals surface area contributed by atoms with Crippen molar-refractivity contribution in [1.29, 1.82) is 0 Å². The molecule has 0 saturated carbocycles. The van der Waals surface area contributed by atoms with E-state index in [-0.39, 0.29) is 11.3 Å². The second-order valence-electron chi connectivity index (χ2n) is 6.33. The SMILES string of the molecule is Cc1ccc(S(=O)(=O)N[C@@H](Cc2c[nH]c3ccccc23)C(=O)[O-])c(C)c1. The molecule has 0 spiro atoms. The number of hydrogen-bond acceptors (Lipinski definition) is 4. The first-order chi connectivity index (χ1) is 12.3. The Kier molecular flexibility index (Phi) is 4.84. The third kappa shape index (κ3) is 3.63. The average molecular weight is 371 g/mol. The molecule has 0 amide bonds. The van der Waals surface area contributed by atoms with Crippen LogP contribution in [0.4, 0.5) is 0 Å². The van der Waals surface area contributed by atoms with Crippen molar-refractivity contribution in [3.8, 4) is 0 Å². The van der Waals surface area contributed by atoms with Gasteiger partial charge in [-0.05, 0) is 43.5 Å². The molecule has 136 valence electrons. The van der Waals surface area contributed by atoms with Gasteiger partial charge >= 0.3 is 0 Å². The molecule has 3 rings (SSSR count). The number of benzene rings is 2. The molecular formula is C19H19N2O4S-. The summed E-state index contributed by atoms with van der Waals surface area (Å²) in [5.74, 6) is -1.47. The molecule has 2 N–H and O–H groups in total. The van der Waals surface area contributed by atoms with Crippen LogP contribution in [0.1, 0.15) is 16.7 Å². The smallest absolute Gasteiger partial charge is 0.241 e. The number of nitrogens with one attached hydrogen (secondary N) is 2. The number of carboxylic acid groups (broad SMARTS) is 1. The Labute approximate surface area is 151 Å². The summed E-state index contributed by atoms with van der Waals surface area (Å²) in [5, 5.41) is 12.4. The van der Waals surface area contributed by atoms with E-state index in [1.807, 2.05) is 31.2 Å². The van der Waals surface area contributed by atoms with E-state index in [9.17, 15) is 18.3 Å². The van der Waals surface area contributed by atoms with Crippen LogP contribution in [0.25, 0.3) is 10.9 Å². The number of carbonyl (C=O) groups is 1. The number of aromatic nitrogens is 1. The third-order valence-electron chi connectivity index (χ3n) is 4.30. The zero-order valence-electron chi connectivity index (χ0n) is 14.4. The summed E-state index contributed by atoms with van der Waals surface area (Å²) in [6.45, 7) is 3.53. The lowest BCUT2D eigenvalue weighted by Crippen LogP contribution is -2.49. The normalized spacial score (nSPS) is 13.0. The summed E-state index contributed by atoms with van der Waals surface area (Å²) in [4.78, 5) is 14.7. The van der Waals surface area contributed by atoms with E-state index >= 15 is 0 Å². The molecule has 7 heteroatoms. The number of carboxylic acids is 1. The molecule has 1 aromatic heterocycles. The number of aromatic amines is 1. The minimum atomic E-state index is -3.99. The summed E-state index contributed by atoms with van der Waals surface area (Å²) >= 11 is 0. The molecule has 26 heavy (non-hydrogen) atoms. The summed E-state index contributed by atoms with van der Waals surface area (Å²) in [6.07, 6.45) is 1.67. The molecule has 1 atom stereocenters. The highest BCUT2D eigenvalue weighted by Gasteiger charge is 2.23. The first kappa shape index (κ1) is 18.2. The Bertz CT molecular complexity index is 1070. The molecule has 0 unspecified atom stereocenters. The van der Waals surface area contributed by atoms with Gasteiger partial charge in [-0.1, -0.05) is 35.9 Å². The minimum absolute atomic E-state index is 0.0174. The molecule has 0 aliphatic rings. The Morgan fingerprint density at radius 1 is 1.19 bits per heavy atom. The van der Waals surface area contributed by atoms with E-state index in [1.165, 1.54) is 6.07 Å². The topological polar surface area (TPSA) is 102 Å². The van der Waals surface area contributed by atoms with Gasteiger partial charge in [-0.3, -0.25) is 0 Å². The van der Waals surface area contributed by atoms with Crippen LogP contribution < -0.4 is 9.83 Å². The van der Waals surface area contributed by atoms with Gasteiger partial charge in [-0.25, -0.2) is 13.1 Å². The number of hydrogen-bond donors (Lipinski definition) is 2. The molecule has 0 saturated heterocycles. The molecule has 0 bridgehead atoms. The van der Waals surface area contributed by atoms with Crippen LogP contribution in [0.2, 0.25) is 0 Å². The molecule has 1 heterocycles. The fraction of sp³-hybridized carbons (Fsp3) is 0.211. The number of sulfonamides is 1. The van der Waals surface area contributed by atoms with Crippen LogP contribution in [0.5, 0.6) is 0 Å². The Balaban J connectivity index is 1.90. The Morgan fingerprint density at radius 2 is 1.92 bits per heavy atom. The van der Waals surface area contributed by atoms with Crippen molar-refractivity contribution < 1.29 is 18.3 Å². The second kappa shape index (κ2) is 6.93. The Hall–Kier alpha value is -2.64. The molecule has 0 aliphatic carbocycles. The van der Waals surface area contributed by atoms with Gasteiger partial charge in [0.15, 0.2) is 0 Å². The minimum Gasteiger partial charge on any atom is -0.548 e. The lowest BCUT2D eigenvalue weighted by Gasteiger charge is -2.20. The van der Waals surface area contributed by atoms with E-state index < -0.39 is 22.0 Å². The van der Waals surface area contributed by atoms with Gasteiger partial charge in [0.05, 0.1) is 16.9 Å². The predicted molar refractivity (Wildman–Crippen MR) is 97.0 cm³/mol. The number of fused-ring (bicyclic) bond motifs is 1. The highest BCUT2D eigenvalue weighted by atomic mass is 32.2. The maximum absolute atomic E-state index is 12.7. The number of aryl methyl sites for hydroxylation is 2. The zero-order chi connectivity index (χ0) is 18.9. The monoisotopic (exact) mass is 371 g/mol. The highest BCUT2D eigenvalue weighted by Crippen LogP contribution is 2.21. The van der Waals surface area contributed by atoms with Crippen molar-refractivity contribution in [1.82, 2.24) is 9.71 Å². The third-order valence-corrected chi connectivity index (χ3v) is 5.93. The van der Waals surface area contributed by atoms with Gasteiger partial charge in [0, 0.05) is 17.1 Å². The number of rotatable bonds is 6. The number of carbonyl (C=O) groups excluding carboxylic acids is 1. The van der Waals surface area contributed by atoms with Crippen LogP contribution in [0.15, 0.2) is 53.6 Å². The van der Waals surface area contributed by atoms with Crippen molar-refractivity contribution in [2.75, 3.05) is 0 Å². The summed E-state index contributed by atoms with van der Waals surface area (Å²) in [7, 11) is -3.99.